The highest BCUT2D eigenvalue weighted by atomic mass is 16.5. The van der Waals surface area contributed by atoms with Gasteiger partial charge in [0.2, 0.25) is 0 Å². The Morgan fingerprint density at radius 1 is 0.867 bits per heavy atom. The van der Waals surface area contributed by atoms with E-state index in [1.54, 1.807) is 32.4 Å². The first-order chi connectivity index (χ1) is 14.6. The number of furan rings is 1. The number of Topliss-reactive ketones (excluding diaryl/α,β-unsaturated/α-hetero) is 1. The van der Waals surface area contributed by atoms with Gasteiger partial charge in [-0.3, -0.25) is 4.79 Å². The molecule has 0 unspecified atom stereocenters. The number of fused-ring (bicyclic) bond motifs is 2. The Hall–Kier alpha value is -3.73. The lowest BCUT2D eigenvalue weighted by molar-refractivity contribution is 0.0849. The first-order valence-corrected chi connectivity index (χ1v) is 9.70. The Balaban J connectivity index is 1.47. The summed E-state index contributed by atoms with van der Waals surface area (Å²) in [4.78, 5) is 12.6. The van der Waals surface area contributed by atoms with Gasteiger partial charge < -0.3 is 18.6 Å². The van der Waals surface area contributed by atoms with Gasteiger partial charge in [0.1, 0.15) is 34.7 Å². The molecule has 0 radical (unpaired) electrons. The molecule has 5 heteroatoms. The monoisotopic (exact) mass is 400 g/mol. The van der Waals surface area contributed by atoms with Crippen molar-refractivity contribution >= 4 is 16.8 Å². The third-order valence-electron chi connectivity index (χ3n) is 5.42. The van der Waals surface area contributed by atoms with Gasteiger partial charge in [0.05, 0.1) is 26.2 Å². The average molecular weight is 400 g/mol. The van der Waals surface area contributed by atoms with E-state index < -0.39 is 0 Å². The van der Waals surface area contributed by atoms with E-state index in [0.29, 0.717) is 23.5 Å². The molecule has 0 bridgehead atoms. The molecule has 0 saturated carbocycles. The molecule has 1 aromatic heterocycles. The largest absolute Gasteiger partial charge is 0.497 e. The molecule has 3 aromatic carbocycles. The molecule has 30 heavy (non-hydrogen) atoms. The maximum Gasteiger partial charge on any atom is 0.170 e. The summed E-state index contributed by atoms with van der Waals surface area (Å²) in [6.45, 7) is 0. The molecule has 1 atom stereocenters. The van der Waals surface area contributed by atoms with Gasteiger partial charge in [-0.05, 0) is 60.2 Å². The van der Waals surface area contributed by atoms with Crippen LogP contribution in [0.15, 0.2) is 71.1 Å². The SMILES string of the molecule is COc1ccc(-c2cc3cc([C@@H]4CC(=O)c5ccc(OC)cc5O4)ccc3o2)cc1. The van der Waals surface area contributed by atoms with Crippen molar-refractivity contribution in [1.82, 2.24) is 0 Å². The number of hydrogen-bond donors (Lipinski definition) is 0. The minimum Gasteiger partial charge on any atom is -0.497 e. The van der Waals surface area contributed by atoms with Gasteiger partial charge in [0.15, 0.2) is 5.78 Å². The zero-order valence-electron chi connectivity index (χ0n) is 16.7. The van der Waals surface area contributed by atoms with Gasteiger partial charge in [-0.15, -0.1) is 0 Å². The van der Waals surface area contributed by atoms with Gasteiger partial charge in [-0.1, -0.05) is 6.07 Å². The molecule has 0 fully saturated rings. The third kappa shape index (κ3) is 3.18. The Kier molecular flexibility index (Phi) is 4.43. The van der Waals surface area contributed by atoms with Crippen LogP contribution < -0.4 is 14.2 Å². The van der Waals surface area contributed by atoms with Crippen molar-refractivity contribution in [2.45, 2.75) is 12.5 Å². The molecule has 0 aliphatic carbocycles. The second kappa shape index (κ2) is 7.26. The highest BCUT2D eigenvalue weighted by Gasteiger charge is 2.28. The molecule has 150 valence electrons. The Morgan fingerprint density at radius 2 is 1.63 bits per heavy atom. The molecular formula is C25H20O5. The van der Waals surface area contributed by atoms with Gasteiger partial charge in [0.25, 0.3) is 0 Å². The highest BCUT2D eigenvalue weighted by Crippen LogP contribution is 2.38. The van der Waals surface area contributed by atoms with Crippen LogP contribution in [0.3, 0.4) is 0 Å². The zero-order valence-corrected chi connectivity index (χ0v) is 16.7. The van der Waals surface area contributed by atoms with Crippen LogP contribution in [-0.4, -0.2) is 20.0 Å². The van der Waals surface area contributed by atoms with Crippen molar-refractivity contribution in [3.05, 3.63) is 77.9 Å². The van der Waals surface area contributed by atoms with Crippen molar-refractivity contribution in [3.63, 3.8) is 0 Å². The second-order valence-corrected chi connectivity index (χ2v) is 7.23. The van der Waals surface area contributed by atoms with E-state index in [4.69, 9.17) is 18.6 Å². The number of ether oxygens (including phenoxy) is 3. The molecule has 5 rings (SSSR count). The van der Waals surface area contributed by atoms with Crippen LogP contribution in [0.25, 0.3) is 22.3 Å². The number of rotatable bonds is 4. The summed E-state index contributed by atoms with van der Waals surface area (Å²) in [6, 6.07) is 20.9. The summed E-state index contributed by atoms with van der Waals surface area (Å²) in [7, 11) is 3.24. The molecule has 2 heterocycles. The van der Waals surface area contributed by atoms with Crippen LogP contribution >= 0.6 is 0 Å². The van der Waals surface area contributed by atoms with Crippen molar-refractivity contribution in [1.29, 1.82) is 0 Å². The minimum atomic E-state index is -0.346. The lowest BCUT2D eigenvalue weighted by atomic mass is 9.95. The molecule has 0 spiro atoms. The maximum atomic E-state index is 12.6. The summed E-state index contributed by atoms with van der Waals surface area (Å²) in [6.07, 6.45) is -0.0468. The van der Waals surface area contributed by atoms with E-state index in [0.717, 1.165) is 33.6 Å². The minimum absolute atomic E-state index is 0.0649. The predicted octanol–water partition coefficient (Wildman–Crippen LogP) is 5.82. The fourth-order valence-corrected chi connectivity index (χ4v) is 3.78. The number of carbonyl (C=O) groups is 1. The van der Waals surface area contributed by atoms with E-state index in [-0.39, 0.29) is 11.9 Å². The van der Waals surface area contributed by atoms with Crippen molar-refractivity contribution < 1.29 is 23.4 Å². The average Bonchev–Trinajstić information content (AvgIpc) is 3.22. The molecule has 0 saturated heterocycles. The van der Waals surface area contributed by atoms with Crippen molar-refractivity contribution in [2.75, 3.05) is 14.2 Å². The summed E-state index contributed by atoms with van der Waals surface area (Å²) >= 11 is 0. The first kappa shape index (κ1) is 18.3. The lowest BCUT2D eigenvalue weighted by Gasteiger charge is -2.25. The quantitative estimate of drug-likeness (QED) is 0.432. The fourth-order valence-electron chi connectivity index (χ4n) is 3.78. The first-order valence-electron chi connectivity index (χ1n) is 9.70. The lowest BCUT2D eigenvalue weighted by Crippen LogP contribution is -2.20. The van der Waals surface area contributed by atoms with Crippen LogP contribution in [0, 0.1) is 0 Å². The summed E-state index contributed by atoms with van der Waals surface area (Å²) in [5.74, 6) is 2.86. The molecule has 4 aromatic rings. The van der Waals surface area contributed by atoms with Crippen LogP contribution in [0.2, 0.25) is 0 Å². The zero-order chi connectivity index (χ0) is 20.7. The molecule has 0 amide bonds. The van der Waals surface area contributed by atoms with Crippen LogP contribution in [0.4, 0.5) is 0 Å². The van der Waals surface area contributed by atoms with Gasteiger partial charge in [-0.25, -0.2) is 0 Å². The number of ketones is 1. The number of hydrogen-bond acceptors (Lipinski definition) is 5. The van der Waals surface area contributed by atoms with E-state index in [9.17, 15) is 4.79 Å². The van der Waals surface area contributed by atoms with E-state index in [1.165, 1.54) is 0 Å². The standard InChI is InChI=1S/C25H20O5/c1-27-18-6-3-15(4-7-18)23-12-17-11-16(5-10-22(17)29-23)24-14-21(26)20-9-8-19(28-2)13-25(20)30-24/h3-13,24H,14H2,1-2H3/t24-/m0/s1. The van der Waals surface area contributed by atoms with Gasteiger partial charge >= 0.3 is 0 Å². The number of benzene rings is 3. The molecule has 1 aliphatic heterocycles. The van der Waals surface area contributed by atoms with Crippen molar-refractivity contribution in [3.8, 4) is 28.6 Å². The Bertz CT molecular complexity index is 1240. The predicted molar refractivity (Wildman–Crippen MR) is 114 cm³/mol. The Morgan fingerprint density at radius 3 is 2.40 bits per heavy atom. The summed E-state index contributed by atoms with van der Waals surface area (Å²) < 4.78 is 22.6. The van der Waals surface area contributed by atoms with E-state index in [1.807, 2.05) is 48.5 Å². The summed E-state index contributed by atoms with van der Waals surface area (Å²) in [5.41, 5.74) is 3.29. The fraction of sp³-hybridized carbons (Fsp3) is 0.160. The highest BCUT2D eigenvalue weighted by molar-refractivity contribution is 6.00. The molecular weight excluding hydrogens is 380 g/mol. The maximum absolute atomic E-state index is 12.6. The Labute approximate surface area is 173 Å². The second-order valence-electron chi connectivity index (χ2n) is 7.23. The van der Waals surface area contributed by atoms with Crippen LogP contribution in [-0.2, 0) is 0 Å². The third-order valence-corrected chi connectivity index (χ3v) is 5.42. The van der Waals surface area contributed by atoms with Gasteiger partial charge in [-0.2, -0.15) is 0 Å². The normalized spacial score (nSPS) is 15.5. The van der Waals surface area contributed by atoms with Crippen LogP contribution in [0.1, 0.15) is 28.4 Å². The molecule has 0 N–H and O–H groups in total. The topological polar surface area (TPSA) is 57.9 Å². The smallest absolute Gasteiger partial charge is 0.170 e. The number of carbonyl (C=O) groups excluding carboxylic acids is 1. The summed E-state index contributed by atoms with van der Waals surface area (Å²) in [5, 5.41) is 0.964. The van der Waals surface area contributed by atoms with Crippen molar-refractivity contribution in [2.24, 2.45) is 0 Å². The van der Waals surface area contributed by atoms with Gasteiger partial charge in [0, 0.05) is 17.0 Å². The van der Waals surface area contributed by atoms with E-state index >= 15 is 0 Å². The molecule has 5 nitrogen and oxygen atoms in total. The molecule has 1 aliphatic rings. The van der Waals surface area contributed by atoms with Crippen LogP contribution in [0.5, 0.6) is 17.2 Å². The van der Waals surface area contributed by atoms with E-state index in [2.05, 4.69) is 0 Å². The number of methoxy groups -OCH3 is 2.